The van der Waals surface area contributed by atoms with E-state index in [9.17, 15) is 22.8 Å². The van der Waals surface area contributed by atoms with Gasteiger partial charge < -0.3 is 29.6 Å². The summed E-state index contributed by atoms with van der Waals surface area (Å²) in [5.41, 5.74) is -0.550. The monoisotopic (exact) mass is 723 g/mol. The van der Waals surface area contributed by atoms with Crippen molar-refractivity contribution in [3.63, 3.8) is 0 Å². The maximum absolute atomic E-state index is 15.3. The molecule has 272 valence electrons. The van der Waals surface area contributed by atoms with Crippen molar-refractivity contribution in [3.05, 3.63) is 88.8 Å². The molecule has 16 heteroatoms. The van der Waals surface area contributed by atoms with Gasteiger partial charge >= 0.3 is 6.18 Å². The van der Waals surface area contributed by atoms with Crippen molar-refractivity contribution in [2.24, 2.45) is 7.05 Å². The summed E-state index contributed by atoms with van der Waals surface area (Å²) in [5.74, 6) is -3.83. The Kier molecular flexibility index (Phi) is 9.31. The zero-order valence-electron chi connectivity index (χ0n) is 28.4. The number of methoxy groups -OCH3 is 1. The molecule has 52 heavy (non-hydrogen) atoms. The van der Waals surface area contributed by atoms with Crippen molar-refractivity contribution in [1.82, 2.24) is 24.3 Å². The number of aromatic nitrogens is 4. The quantitative estimate of drug-likeness (QED) is 0.118. The standard InChI is InChI=1S/C36H34F5N7O4/c1-46-12-8-25-32-21(29-22(36(39,40)41)16-26-31(33(29)46)44-27(18-51-3)47(26)2)6-5-11-48(32)35(43-25)34(50)19-14-23(37)30(24(38)15-19)45-28(49)7-4-10-42-20-9-13-52-17-20/h4-7,11,14-16,20,42H,8-10,12-13,17-18H2,1-3H3,(H,45,49)/b7-4+/t20-/m0/s1. The molecule has 5 aromatic rings. The molecule has 1 saturated heterocycles. The molecule has 1 amide bonds. The van der Waals surface area contributed by atoms with E-state index in [1.807, 2.05) is 0 Å². The molecule has 2 N–H and O–H groups in total. The highest BCUT2D eigenvalue weighted by Crippen LogP contribution is 2.48. The van der Waals surface area contributed by atoms with Crippen LogP contribution in [0, 0.1) is 11.6 Å². The Morgan fingerprint density at radius 3 is 2.60 bits per heavy atom. The predicted molar refractivity (Wildman–Crippen MR) is 182 cm³/mol. The Morgan fingerprint density at radius 1 is 1.13 bits per heavy atom. The second-order valence-corrected chi connectivity index (χ2v) is 12.7. The molecule has 2 aliphatic heterocycles. The van der Waals surface area contributed by atoms with Gasteiger partial charge in [-0.05, 0) is 30.7 Å². The van der Waals surface area contributed by atoms with Gasteiger partial charge in [0.15, 0.2) is 5.82 Å². The summed E-state index contributed by atoms with van der Waals surface area (Å²) < 4.78 is 88.8. The lowest BCUT2D eigenvalue weighted by Crippen LogP contribution is -2.29. The second kappa shape index (κ2) is 13.7. The number of carbonyl (C=O) groups is 2. The highest BCUT2D eigenvalue weighted by molar-refractivity contribution is 6.09. The van der Waals surface area contributed by atoms with Crippen molar-refractivity contribution in [1.29, 1.82) is 0 Å². The molecule has 0 bridgehead atoms. The van der Waals surface area contributed by atoms with Crippen LogP contribution < -0.4 is 15.5 Å². The average molecular weight is 724 g/mol. The summed E-state index contributed by atoms with van der Waals surface area (Å²) in [6.07, 6.45) is 0.413. The zero-order chi connectivity index (χ0) is 36.9. The van der Waals surface area contributed by atoms with Crippen LogP contribution in [0.25, 0.3) is 27.7 Å². The number of aryl methyl sites for hydroxylation is 1. The highest BCUT2D eigenvalue weighted by atomic mass is 19.4. The Bertz CT molecular complexity index is 2230. The Labute approximate surface area is 294 Å². The van der Waals surface area contributed by atoms with Crippen molar-refractivity contribution < 1.29 is 41.0 Å². The van der Waals surface area contributed by atoms with E-state index in [2.05, 4.69) is 20.6 Å². The minimum Gasteiger partial charge on any atom is -0.380 e. The van der Waals surface area contributed by atoms with Crippen LogP contribution in [0.4, 0.5) is 33.3 Å². The molecule has 2 aromatic carbocycles. The number of nitrogens with one attached hydrogen (secondary N) is 2. The number of likely N-dealkylation sites (N-methyl/N-ethyl adjacent to an activating group) is 1. The fourth-order valence-electron chi connectivity index (χ4n) is 6.83. The number of fused-ring (bicyclic) bond motifs is 4. The first-order valence-corrected chi connectivity index (χ1v) is 16.5. The minimum absolute atomic E-state index is 0.0823. The van der Waals surface area contributed by atoms with Crippen LogP contribution in [0.1, 0.15) is 39.7 Å². The van der Waals surface area contributed by atoms with Gasteiger partial charge in [0.1, 0.15) is 35.3 Å². The van der Waals surface area contributed by atoms with Gasteiger partial charge in [-0.3, -0.25) is 14.0 Å². The largest absolute Gasteiger partial charge is 0.417 e. The lowest BCUT2D eigenvalue weighted by Gasteiger charge is -2.28. The van der Waals surface area contributed by atoms with Gasteiger partial charge in [-0.15, -0.1) is 0 Å². The van der Waals surface area contributed by atoms with Crippen molar-refractivity contribution in [2.75, 3.05) is 50.7 Å². The van der Waals surface area contributed by atoms with E-state index in [1.165, 1.54) is 35.9 Å². The normalized spacial score (nSPS) is 16.2. The first kappa shape index (κ1) is 35.2. The molecule has 1 atom stereocenters. The maximum Gasteiger partial charge on any atom is 0.417 e. The van der Waals surface area contributed by atoms with Crippen molar-refractivity contribution >= 4 is 39.6 Å². The van der Waals surface area contributed by atoms with Gasteiger partial charge in [0.05, 0.1) is 34.6 Å². The van der Waals surface area contributed by atoms with Gasteiger partial charge in [0.2, 0.25) is 11.7 Å². The van der Waals surface area contributed by atoms with Gasteiger partial charge in [-0.25, -0.2) is 18.7 Å². The Morgan fingerprint density at radius 2 is 1.90 bits per heavy atom. The molecular formula is C36H34F5N7O4. The number of rotatable bonds is 9. The van der Waals surface area contributed by atoms with E-state index < -0.39 is 46.3 Å². The average Bonchev–Trinajstić information content (AvgIpc) is 3.83. The number of anilines is 2. The van der Waals surface area contributed by atoms with Gasteiger partial charge in [0, 0.05) is 82.3 Å². The number of ketones is 1. The summed E-state index contributed by atoms with van der Waals surface area (Å²) in [6.45, 7) is 1.86. The van der Waals surface area contributed by atoms with Crippen LogP contribution in [0.15, 0.2) is 48.7 Å². The van der Waals surface area contributed by atoms with Crippen LogP contribution in [0.5, 0.6) is 0 Å². The van der Waals surface area contributed by atoms with Crippen LogP contribution >= 0.6 is 0 Å². The molecular weight excluding hydrogens is 689 g/mol. The number of hydrogen-bond acceptors (Lipinski definition) is 8. The predicted octanol–water partition coefficient (Wildman–Crippen LogP) is 5.43. The number of carbonyl (C=O) groups excluding carboxylic acids is 2. The smallest absolute Gasteiger partial charge is 0.380 e. The molecule has 0 saturated carbocycles. The number of imidazole rings is 2. The van der Waals surface area contributed by atoms with Gasteiger partial charge in [0.25, 0.3) is 0 Å². The highest BCUT2D eigenvalue weighted by Gasteiger charge is 2.39. The SMILES string of the molecule is COCc1nc2c3c(c(C(F)(F)F)cc2n1C)-c1cccn2c(C(=O)c4cc(F)c(NC(=O)/C=C/CN[C@H]5CCOC5)c(F)c4)nc(c12)CCN3C. The third kappa shape index (κ3) is 6.30. The Balaban J connectivity index is 1.27. The number of hydrogen-bond donors (Lipinski definition) is 2. The van der Waals surface area contributed by atoms with Crippen molar-refractivity contribution in [2.45, 2.75) is 31.7 Å². The van der Waals surface area contributed by atoms with E-state index in [1.54, 1.807) is 23.6 Å². The van der Waals surface area contributed by atoms with E-state index in [4.69, 9.17) is 9.47 Å². The van der Waals surface area contributed by atoms with E-state index in [0.29, 0.717) is 36.8 Å². The number of nitrogens with zero attached hydrogens (tertiary/aromatic N) is 5. The first-order chi connectivity index (χ1) is 24.9. The third-order valence-electron chi connectivity index (χ3n) is 9.37. The van der Waals surface area contributed by atoms with E-state index >= 15 is 8.78 Å². The van der Waals surface area contributed by atoms with Crippen LogP contribution in [0.3, 0.4) is 0 Å². The summed E-state index contributed by atoms with van der Waals surface area (Å²) in [7, 11) is 4.77. The molecule has 3 aromatic heterocycles. The fourth-order valence-corrected chi connectivity index (χ4v) is 6.83. The summed E-state index contributed by atoms with van der Waals surface area (Å²) >= 11 is 0. The first-order valence-electron chi connectivity index (χ1n) is 16.5. The molecule has 0 radical (unpaired) electrons. The molecule has 5 heterocycles. The number of ether oxygens (including phenoxy) is 2. The summed E-state index contributed by atoms with van der Waals surface area (Å²) in [6, 6.07) is 5.81. The fraction of sp³-hybridized carbons (Fsp3) is 0.333. The zero-order valence-corrected chi connectivity index (χ0v) is 28.4. The van der Waals surface area contributed by atoms with Crippen molar-refractivity contribution in [3.8, 4) is 11.1 Å². The molecule has 7 rings (SSSR count). The lowest BCUT2D eigenvalue weighted by atomic mass is 9.93. The second-order valence-electron chi connectivity index (χ2n) is 12.7. The molecule has 1 fully saturated rings. The number of pyridine rings is 1. The third-order valence-corrected chi connectivity index (χ3v) is 9.37. The van der Waals surface area contributed by atoms with E-state index in [-0.39, 0.29) is 59.3 Å². The number of halogens is 5. The number of alkyl halides is 3. The molecule has 0 spiro atoms. The minimum atomic E-state index is -4.78. The summed E-state index contributed by atoms with van der Waals surface area (Å²) in [5, 5.41) is 5.35. The van der Waals surface area contributed by atoms with E-state index in [0.717, 1.165) is 30.7 Å². The molecule has 11 nitrogen and oxygen atoms in total. The van der Waals surface area contributed by atoms with Gasteiger partial charge in [-0.2, -0.15) is 13.2 Å². The Hall–Kier alpha value is -5.19. The summed E-state index contributed by atoms with van der Waals surface area (Å²) in [4.78, 5) is 37.2. The van der Waals surface area contributed by atoms with Crippen LogP contribution in [0.2, 0.25) is 0 Å². The molecule has 2 aliphatic rings. The molecule has 0 aliphatic carbocycles. The van der Waals surface area contributed by atoms with Crippen LogP contribution in [-0.4, -0.2) is 77.1 Å². The van der Waals surface area contributed by atoms with Gasteiger partial charge in [-0.1, -0.05) is 12.1 Å². The molecule has 0 unspecified atom stereocenters. The number of amides is 1. The topological polar surface area (TPSA) is 115 Å². The number of benzene rings is 2. The maximum atomic E-state index is 15.3. The lowest BCUT2D eigenvalue weighted by molar-refractivity contribution is -0.137. The van der Waals surface area contributed by atoms with Crippen LogP contribution in [-0.2, 0) is 40.5 Å².